The molecule has 1 aliphatic rings. The van der Waals surface area contributed by atoms with Crippen LogP contribution in [0.15, 0.2) is 71.8 Å². The number of benzene rings is 2. The summed E-state index contributed by atoms with van der Waals surface area (Å²) in [5, 5.41) is 0. The predicted octanol–water partition coefficient (Wildman–Crippen LogP) is 4.63. The third kappa shape index (κ3) is 3.21. The summed E-state index contributed by atoms with van der Waals surface area (Å²) in [5.41, 5.74) is 1.04. The Labute approximate surface area is 161 Å². The molecule has 3 rings (SSSR count). The molecule has 0 spiro atoms. The molecule has 5 heteroatoms. The summed E-state index contributed by atoms with van der Waals surface area (Å²) in [5.74, 6) is -0.0169. The van der Waals surface area contributed by atoms with Crippen LogP contribution in [0, 0.1) is 12.3 Å². The maximum atomic E-state index is 13.5. The molecule has 4 nitrogen and oxygen atoms in total. The first-order valence-corrected chi connectivity index (χ1v) is 10.7. The van der Waals surface area contributed by atoms with Gasteiger partial charge in [0.05, 0.1) is 16.4 Å². The highest BCUT2D eigenvalue weighted by Gasteiger charge is 2.50. The number of carbonyl (C=O) groups is 1. The Hall–Kier alpha value is -2.40. The lowest BCUT2D eigenvalue weighted by Gasteiger charge is -2.45. The zero-order chi connectivity index (χ0) is 19.7. The summed E-state index contributed by atoms with van der Waals surface area (Å²) in [6.45, 7) is 5.82. The number of ketones is 1. The van der Waals surface area contributed by atoms with Crippen LogP contribution in [-0.4, -0.2) is 18.5 Å². The standard InChI is InChI=1S/C22H25NO3S/c1-4-22(5-2)20(24)15-16-23(21(22)18-9-7-6-8-10-18)27(25,26)19-13-11-17(3)12-14-19/h6-16,21H,4-5H2,1-3H3. The van der Waals surface area contributed by atoms with Gasteiger partial charge in [0, 0.05) is 6.20 Å². The van der Waals surface area contributed by atoms with Gasteiger partial charge in [0.1, 0.15) is 0 Å². The molecule has 0 radical (unpaired) electrons. The number of rotatable bonds is 5. The monoisotopic (exact) mass is 383 g/mol. The SMILES string of the molecule is CCC1(CC)C(=O)C=CN(S(=O)(=O)c2ccc(C)cc2)C1c1ccccc1. The smallest absolute Gasteiger partial charge is 0.264 e. The molecule has 0 saturated heterocycles. The first-order valence-electron chi connectivity index (χ1n) is 9.24. The fourth-order valence-corrected chi connectivity index (χ4v) is 5.45. The van der Waals surface area contributed by atoms with Crippen molar-refractivity contribution in [2.24, 2.45) is 5.41 Å². The van der Waals surface area contributed by atoms with Crippen LogP contribution in [0.5, 0.6) is 0 Å². The topological polar surface area (TPSA) is 54.5 Å². The van der Waals surface area contributed by atoms with Gasteiger partial charge in [-0.15, -0.1) is 0 Å². The van der Waals surface area contributed by atoms with Gasteiger partial charge in [-0.25, -0.2) is 8.42 Å². The first kappa shape index (κ1) is 19.4. The van der Waals surface area contributed by atoms with Crippen molar-refractivity contribution in [1.82, 2.24) is 4.31 Å². The predicted molar refractivity (Wildman–Crippen MR) is 107 cm³/mol. The highest BCUT2D eigenvalue weighted by atomic mass is 32.2. The van der Waals surface area contributed by atoms with E-state index in [1.54, 1.807) is 24.3 Å². The Morgan fingerprint density at radius 3 is 2.11 bits per heavy atom. The van der Waals surface area contributed by atoms with Gasteiger partial charge in [0.2, 0.25) is 0 Å². The van der Waals surface area contributed by atoms with Crippen LogP contribution in [0.3, 0.4) is 0 Å². The van der Waals surface area contributed by atoms with E-state index >= 15 is 0 Å². The van der Waals surface area contributed by atoms with Crippen LogP contribution in [0.4, 0.5) is 0 Å². The molecule has 142 valence electrons. The summed E-state index contributed by atoms with van der Waals surface area (Å²) in [4.78, 5) is 13.1. The van der Waals surface area contributed by atoms with E-state index in [1.807, 2.05) is 51.1 Å². The van der Waals surface area contributed by atoms with Crippen molar-refractivity contribution in [3.8, 4) is 0 Å². The molecule has 0 saturated carbocycles. The quantitative estimate of drug-likeness (QED) is 0.756. The van der Waals surface area contributed by atoms with Crippen LogP contribution in [0.2, 0.25) is 0 Å². The Morgan fingerprint density at radius 1 is 0.963 bits per heavy atom. The van der Waals surface area contributed by atoms with Crippen LogP contribution in [-0.2, 0) is 14.8 Å². The zero-order valence-corrected chi connectivity index (χ0v) is 16.7. The molecule has 2 aromatic rings. The summed E-state index contributed by atoms with van der Waals surface area (Å²) in [6, 6.07) is 15.7. The van der Waals surface area contributed by atoms with Crippen molar-refractivity contribution in [3.63, 3.8) is 0 Å². The van der Waals surface area contributed by atoms with Gasteiger partial charge in [-0.2, -0.15) is 0 Å². The van der Waals surface area contributed by atoms with E-state index in [1.165, 1.54) is 16.6 Å². The molecule has 0 aromatic heterocycles. The molecule has 1 unspecified atom stereocenters. The second-order valence-electron chi connectivity index (χ2n) is 7.00. The summed E-state index contributed by atoms with van der Waals surface area (Å²) in [6.07, 6.45) is 3.97. The van der Waals surface area contributed by atoms with Crippen LogP contribution in [0.25, 0.3) is 0 Å². The van der Waals surface area contributed by atoms with E-state index in [2.05, 4.69) is 0 Å². The van der Waals surface area contributed by atoms with Crippen molar-refractivity contribution in [3.05, 3.63) is 78.0 Å². The van der Waals surface area contributed by atoms with Gasteiger partial charge in [0.25, 0.3) is 10.0 Å². The second-order valence-corrected chi connectivity index (χ2v) is 8.85. The molecular weight excluding hydrogens is 358 g/mol. The highest BCUT2D eigenvalue weighted by molar-refractivity contribution is 7.89. The van der Waals surface area contributed by atoms with E-state index < -0.39 is 21.5 Å². The van der Waals surface area contributed by atoms with Gasteiger partial charge in [-0.1, -0.05) is 61.9 Å². The maximum absolute atomic E-state index is 13.5. The van der Waals surface area contributed by atoms with Crippen molar-refractivity contribution in [2.75, 3.05) is 0 Å². The Kier molecular flexibility index (Phi) is 5.24. The van der Waals surface area contributed by atoms with Crippen LogP contribution >= 0.6 is 0 Å². The van der Waals surface area contributed by atoms with Gasteiger partial charge in [-0.05, 0) is 43.5 Å². The fourth-order valence-electron chi connectivity index (χ4n) is 3.91. The molecule has 27 heavy (non-hydrogen) atoms. The maximum Gasteiger partial charge on any atom is 0.264 e. The number of allylic oxidation sites excluding steroid dienone is 1. The molecular formula is C22H25NO3S. The van der Waals surface area contributed by atoms with E-state index in [0.717, 1.165) is 11.1 Å². The molecule has 0 N–H and O–H groups in total. The largest absolute Gasteiger partial charge is 0.294 e. The van der Waals surface area contributed by atoms with Gasteiger partial charge in [-0.3, -0.25) is 9.10 Å². The van der Waals surface area contributed by atoms with Crippen molar-refractivity contribution < 1.29 is 13.2 Å². The summed E-state index contributed by atoms with van der Waals surface area (Å²) in [7, 11) is -3.80. The number of hydrogen-bond donors (Lipinski definition) is 0. The third-order valence-corrected chi connectivity index (χ3v) is 7.37. The molecule has 2 aromatic carbocycles. The summed E-state index contributed by atoms with van der Waals surface area (Å²) < 4.78 is 28.3. The molecule has 0 fully saturated rings. The minimum atomic E-state index is -3.80. The zero-order valence-electron chi connectivity index (χ0n) is 15.9. The molecule has 0 aliphatic carbocycles. The molecule has 0 amide bonds. The second kappa shape index (κ2) is 7.31. The summed E-state index contributed by atoms with van der Waals surface area (Å²) >= 11 is 0. The first-order chi connectivity index (χ1) is 12.9. The lowest BCUT2D eigenvalue weighted by molar-refractivity contribution is -0.128. The minimum Gasteiger partial charge on any atom is -0.294 e. The Balaban J connectivity index is 2.22. The Morgan fingerprint density at radius 2 is 1.56 bits per heavy atom. The number of aryl methyl sites for hydroxylation is 1. The van der Waals surface area contributed by atoms with E-state index in [-0.39, 0.29) is 10.7 Å². The van der Waals surface area contributed by atoms with Gasteiger partial charge < -0.3 is 0 Å². The van der Waals surface area contributed by atoms with E-state index in [9.17, 15) is 13.2 Å². The number of hydrogen-bond acceptors (Lipinski definition) is 3. The van der Waals surface area contributed by atoms with E-state index in [4.69, 9.17) is 0 Å². The normalized spacial score (nSPS) is 19.3. The molecule has 1 aliphatic heterocycles. The van der Waals surface area contributed by atoms with Crippen molar-refractivity contribution in [1.29, 1.82) is 0 Å². The lowest BCUT2D eigenvalue weighted by Crippen LogP contribution is -2.48. The average molecular weight is 384 g/mol. The van der Waals surface area contributed by atoms with E-state index in [0.29, 0.717) is 12.8 Å². The average Bonchev–Trinajstić information content (AvgIpc) is 2.68. The van der Waals surface area contributed by atoms with Gasteiger partial charge >= 0.3 is 0 Å². The molecule has 1 atom stereocenters. The fraction of sp³-hybridized carbons (Fsp3) is 0.318. The van der Waals surface area contributed by atoms with Gasteiger partial charge in [0.15, 0.2) is 5.78 Å². The van der Waals surface area contributed by atoms with Crippen molar-refractivity contribution >= 4 is 15.8 Å². The Bertz CT molecular complexity index is 943. The minimum absolute atomic E-state index is 0.0169. The van der Waals surface area contributed by atoms with Crippen LogP contribution < -0.4 is 0 Å². The van der Waals surface area contributed by atoms with Crippen LogP contribution in [0.1, 0.15) is 43.9 Å². The lowest BCUT2D eigenvalue weighted by atomic mass is 9.68. The molecule has 1 heterocycles. The molecule has 0 bridgehead atoms. The number of sulfonamides is 1. The van der Waals surface area contributed by atoms with Crippen molar-refractivity contribution in [2.45, 2.75) is 44.6 Å². The number of carbonyl (C=O) groups excluding carboxylic acids is 1. The number of nitrogens with zero attached hydrogens (tertiary/aromatic N) is 1. The third-order valence-electron chi connectivity index (χ3n) is 5.61. The highest BCUT2D eigenvalue weighted by Crippen LogP contribution is 2.49.